The lowest BCUT2D eigenvalue weighted by Crippen LogP contribution is -2.48. The zero-order valence-electron chi connectivity index (χ0n) is 22.1. The van der Waals surface area contributed by atoms with Gasteiger partial charge in [0.25, 0.3) is 11.8 Å². The second-order valence-corrected chi connectivity index (χ2v) is 10.1. The van der Waals surface area contributed by atoms with Gasteiger partial charge in [0.15, 0.2) is 0 Å². The van der Waals surface area contributed by atoms with Gasteiger partial charge in [-0.05, 0) is 53.6 Å². The lowest BCUT2D eigenvalue weighted by molar-refractivity contribution is -0.110. The summed E-state index contributed by atoms with van der Waals surface area (Å²) >= 11 is 0. The number of nitrogens with two attached hydrogens (primary N) is 1. The van der Waals surface area contributed by atoms with Crippen LogP contribution in [0, 0.1) is 0 Å². The van der Waals surface area contributed by atoms with E-state index in [1.54, 1.807) is 6.07 Å². The van der Waals surface area contributed by atoms with Crippen molar-refractivity contribution in [3.63, 3.8) is 0 Å². The molecule has 200 valence electrons. The first-order chi connectivity index (χ1) is 19.5. The third-order valence-corrected chi connectivity index (χ3v) is 7.41. The van der Waals surface area contributed by atoms with Gasteiger partial charge in [-0.3, -0.25) is 14.5 Å². The van der Waals surface area contributed by atoms with Gasteiger partial charge in [0.05, 0.1) is 11.3 Å². The third-order valence-electron chi connectivity index (χ3n) is 7.41. The average Bonchev–Trinajstić information content (AvgIpc) is 3.32. The van der Waals surface area contributed by atoms with Crippen LogP contribution in [0.4, 0.5) is 17.1 Å². The summed E-state index contributed by atoms with van der Waals surface area (Å²) in [6, 6.07) is 33.1. The molecule has 7 heteroatoms. The summed E-state index contributed by atoms with van der Waals surface area (Å²) in [5.74, 6) is -0.0614. The van der Waals surface area contributed by atoms with Crippen LogP contribution >= 0.6 is 0 Å². The van der Waals surface area contributed by atoms with Crippen molar-refractivity contribution in [2.75, 3.05) is 42.5 Å². The molecule has 0 saturated carbocycles. The van der Waals surface area contributed by atoms with Gasteiger partial charge in [0, 0.05) is 60.9 Å². The van der Waals surface area contributed by atoms with E-state index in [1.807, 2.05) is 89.8 Å². The number of fused-ring (bicyclic) bond motifs is 1. The molecule has 0 bridgehead atoms. The lowest BCUT2D eigenvalue weighted by Gasteiger charge is -2.34. The molecular formula is C33H31N5O2. The molecule has 0 unspecified atom stereocenters. The Morgan fingerprint density at radius 2 is 1.45 bits per heavy atom. The van der Waals surface area contributed by atoms with E-state index < -0.39 is 0 Å². The minimum Gasteiger partial charge on any atom is -0.399 e. The van der Waals surface area contributed by atoms with Crippen molar-refractivity contribution >= 4 is 40.1 Å². The van der Waals surface area contributed by atoms with Crippen molar-refractivity contribution in [2.24, 2.45) is 0 Å². The second kappa shape index (κ2) is 11.1. The van der Waals surface area contributed by atoms with E-state index >= 15 is 0 Å². The van der Waals surface area contributed by atoms with Crippen LogP contribution in [0.3, 0.4) is 0 Å². The number of amides is 2. The Hall–Kier alpha value is -4.88. The quantitative estimate of drug-likeness (QED) is 0.237. The minimum atomic E-state index is -0.159. The first kappa shape index (κ1) is 25.4. The van der Waals surface area contributed by atoms with Gasteiger partial charge < -0.3 is 21.3 Å². The molecule has 7 nitrogen and oxygen atoms in total. The van der Waals surface area contributed by atoms with Crippen molar-refractivity contribution < 1.29 is 9.59 Å². The predicted octanol–water partition coefficient (Wildman–Crippen LogP) is 5.16. The molecule has 0 radical (unpaired) electrons. The van der Waals surface area contributed by atoms with Crippen molar-refractivity contribution in [3.05, 3.63) is 125 Å². The topological polar surface area (TPSA) is 90.7 Å². The fourth-order valence-electron chi connectivity index (χ4n) is 5.29. The highest BCUT2D eigenvalue weighted by molar-refractivity contribution is 6.37. The van der Waals surface area contributed by atoms with Crippen molar-refractivity contribution in [3.8, 4) is 0 Å². The maximum atomic E-state index is 13.1. The largest absolute Gasteiger partial charge is 0.399 e. The Morgan fingerprint density at radius 3 is 2.12 bits per heavy atom. The molecule has 1 fully saturated rings. The molecule has 1 saturated heterocycles. The summed E-state index contributed by atoms with van der Waals surface area (Å²) in [6.07, 6.45) is 0. The maximum absolute atomic E-state index is 13.1. The number of benzene rings is 4. The molecule has 2 aliphatic heterocycles. The number of hydrogen-bond donors (Lipinski definition) is 3. The van der Waals surface area contributed by atoms with Crippen LogP contribution in [0.5, 0.6) is 0 Å². The fourth-order valence-corrected chi connectivity index (χ4v) is 5.29. The molecule has 0 spiro atoms. The Labute approximate surface area is 233 Å². The van der Waals surface area contributed by atoms with Gasteiger partial charge in [-0.2, -0.15) is 0 Å². The highest BCUT2D eigenvalue weighted by Crippen LogP contribution is 2.38. The van der Waals surface area contributed by atoms with Crippen LogP contribution in [-0.2, 0) is 11.3 Å². The Balaban J connectivity index is 1.16. The number of carbonyl (C=O) groups excluding carboxylic acids is 2. The summed E-state index contributed by atoms with van der Waals surface area (Å²) in [5.41, 5.74) is 13.3. The molecule has 2 heterocycles. The summed E-state index contributed by atoms with van der Waals surface area (Å²) in [4.78, 5) is 30.2. The van der Waals surface area contributed by atoms with Crippen LogP contribution in [0.1, 0.15) is 27.0 Å². The van der Waals surface area contributed by atoms with Crippen molar-refractivity contribution in [1.29, 1.82) is 0 Å². The molecule has 2 amide bonds. The van der Waals surface area contributed by atoms with E-state index in [0.29, 0.717) is 11.3 Å². The minimum absolute atomic E-state index is 0.0975. The smallest absolute Gasteiger partial charge is 0.258 e. The summed E-state index contributed by atoms with van der Waals surface area (Å²) in [6.45, 7) is 3.92. The molecular weight excluding hydrogens is 498 g/mol. The molecule has 0 aromatic heterocycles. The maximum Gasteiger partial charge on any atom is 0.258 e. The van der Waals surface area contributed by atoms with E-state index in [4.69, 9.17) is 5.73 Å². The molecule has 4 N–H and O–H groups in total. The number of rotatable bonds is 6. The number of nitrogens with zero attached hydrogens (tertiary/aromatic N) is 2. The number of carbonyl (C=O) groups is 2. The van der Waals surface area contributed by atoms with Gasteiger partial charge >= 0.3 is 0 Å². The van der Waals surface area contributed by atoms with E-state index in [9.17, 15) is 9.59 Å². The van der Waals surface area contributed by atoms with Crippen LogP contribution < -0.4 is 16.4 Å². The van der Waals surface area contributed by atoms with E-state index in [1.165, 1.54) is 5.56 Å². The van der Waals surface area contributed by atoms with Crippen LogP contribution in [0.2, 0.25) is 0 Å². The van der Waals surface area contributed by atoms with Gasteiger partial charge in [-0.25, -0.2) is 0 Å². The van der Waals surface area contributed by atoms with Crippen molar-refractivity contribution in [2.45, 2.75) is 6.54 Å². The number of nitrogen functional groups attached to an aromatic ring is 1. The van der Waals surface area contributed by atoms with Gasteiger partial charge in [-0.1, -0.05) is 60.7 Å². The number of hydrogen-bond acceptors (Lipinski definition) is 5. The van der Waals surface area contributed by atoms with Crippen LogP contribution in [0.15, 0.2) is 103 Å². The van der Waals surface area contributed by atoms with Crippen LogP contribution in [0.25, 0.3) is 11.3 Å². The Morgan fingerprint density at radius 1 is 0.800 bits per heavy atom. The summed E-state index contributed by atoms with van der Waals surface area (Å²) in [5, 5.41) is 6.48. The molecule has 6 rings (SSSR count). The second-order valence-electron chi connectivity index (χ2n) is 10.1. The number of nitrogens with one attached hydrogen (secondary N) is 2. The molecule has 4 aromatic rings. The molecule has 0 atom stereocenters. The first-order valence-corrected chi connectivity index (χ1v) is 13.5. The molecule has 0 aliphatic carbocycles. The van der Waals surface area contributed by atoms with Crippen LogP contribution in [-0.4, -0.2) is 47.8 Å². The fraction of sp³-hybridized carbons (Fsp3) is 0.152. The third kappa shape index (κ3) is 5.32. The summed E-state index contributed by atoms with van der Waals surface area (Å²) < 4.78 is 0. The average molecular weight is 530 g/mol. The first-order valence-electron chi connectivity index (χ1n) is 13.5. The lowest BCUT2D eigenvalue weighted by atomic mass is 9.99. The Kier molecular flexibility index (Phi) is 7.04. The number of piperazine rings is 1. The normalized spacial score (nSPS) is 16.3. The molecule has 2 aliphatic rings. The van der Waals surface area contributed by atoms with E-state index in [-0.39, 0.29) is 11.8 Å². The standard InChI is InChI=1S/C33H31N5O2/c34-26-13-16-29-28(21-26)30(32(39)36-29)31(24-7-3-1-4-8-24)35-27-14-11-23(12-15-27)22-37-17-19-38(20-18-37)33(40)25-9-5-2-6-10-25/h1-16,21,35H,17-20,22,34H2,(H,36,39)/b31-30-. The molecule has 40 heavy (non-hydrogen) atoms. The Bertz CT molecular complexity index is 1560. The van der Waals surface area contributed by atoms with E-state index in [2.05, 4.69) is 27.7 Å². The highest BCUT2D eigenvalue weighted by atomic mass is 16.2. The van der Waals surface area contributed by atoms with Gasteiger partial charge in [0.1, 0.15) is 0 Å². The van der Waals surface area contributed by atoms with Crippen molar-refractivity contribution in [1.82, 2.24) is 9.80 Å². The monoisotopic (exact) mass is 529 g/mol. The van der Waals surface area contributed by atoms with E-state index in [0.717, 1.165) is 66.5 Å². The zero-order chi connectivity index (χ0) is 27.5. The zero-order valence-corrected chi connectivity index (χ0v) is 22.1. The van der Waals surface area contributed by atoms with Gasteiger partial charge in [0.2, 0.25) is 0 Å². The van der Waals surface area contributed by atoms with Gasteiger partial charge in [-0.15, -0.1) is 0 Å². The predicted molar refractivity (Wildman–Crippen MR) is 160 cm³/mol. The number of anilines is 3. The summed E-state index contributed by atoms with van der Waals surface area (Å²) in [7, 11) is 0. The SMILES string of the molecule is Nc1ccc2c(c1)/C(=C(/Nc1ccc(CN3CCN(C(=O)c4ccccc4)CC3)cc1)c1ccccc1)C(=O)N2. The highest BCUT2D eigenvalue weighted by Gasteiger charge is 2.28. The molecule has 4 aromatic carbocycles.